The smallest absolute Gasteiger partial charge is 0.230 e. The summed E-state index contributed by atoms with van der Waals surface area (Å²) >= 11 is 1.64. The fourth-order valence-corrected chi connectivity index (χ4v) is 2.69. The third-order valence-electron chi connectivity index (χ3n) is 3.05. The van der Waals surface area contributed by atoms with E-state index in [0.29, 0.717) is 12.3 Å². The first kappa shape index (κ1) is 15.6. The van der Waals surface area contributed by atoms with Crippen molar-refractivity contribution in [2.45, 2.75) is 19.1 Å². The molecule has 0 fully saturated rings. The number of amides is 1. The molecule has 1 amide bonds. The van der Waals surface area contributed by atoms with E-state index < -0.39 is 0 Å². The van der Waals surface area contributed by atoms with Crippen LogP contribution in [-0.4, -0.2) is 23.2 Å². The highest BCUT2D eigenvalue weighted by atomic mass is 32.2. The van der Waals surface area contributed by atoms with Gasteiger partial charge in [-0.25, -0.2) is 0 Å². The van der Waals surface area contributed by atoms with Crippen molar-refractivity contribution in [2.75, 3.05) is 12.3 Å². The van der Waals surface area contributed by atoms with E-state index in [0.717, 1.165) is 17.9 Å². The van der Waals surface area contributed by atoms with Crippen LogP contribution in [0.4, 0.5) is 0 Å². The van der Waals surface area contributed by atoms with Crippen molar-refractivity contribution in [1.82, 2.24) is 10.3 Å². The van der Waals surface area contributed by atoms with Crippen LogP contribution in [0.2, 0.25) is 0 Å². The molecule has 0 bridgehead atoms. The lowest BCUT2D eigenvalue weighted by Crippen LogP contribution is -2.27. The minimum Gasteiger partial charge on any atom is -0.355 e. The van der Waals surface area contributed by atoms with Crippen LogP contribution >= 0.6 is 11.8 Å². The summed E-state index contributed by atoms with van der Waals surface area (Å²) in [6.07, 6.45) is 2.55. The van der Waals surface area contributed by atoms with Crippen molar-refractivity contribution in [3.63, 3.8) is 0 Å². The number of nitrogens with zero attached hydrogens (tertiary/aromatic N) is 1. The van der Waals surface area contributed by atoms with Gasteiger partial charge >= 0.3 is 0 Å². The maximum Gasteiger partial charge on any atom is 0.230 e. The summed E-state index contributed by atoms with van der Waals surface area (Å²) in [6.45, 7) is 2.72. The van der Waals surface area contributed by atoms with E-state index >= 15 is 0 Å². The highest BCUT2D eigenvalue weighted by Crippen LogP contribution is 2.12. The van der Waals surface area contributed by atoms with Gasteiger partial charge in [-0.1, -0.05) is 35.9 Å². The van der Waals surface area contributed by atoms with Crippen LogP contribution in [0.15, 0.2) is 48.7 Å². The van der Waals surface area contributed by atoms with Crippen molar-refractivity contribution in [1.29, 1.82) is 0 Å². The molecule has 21 heavy (non-hydrogen) atoms. The SMILES string of the molecule is Cc1ccc(CSCC(=O)NCCc2ccccn2)cc1. The number of pyridine rings is 1. The van der Waals surface area contributed by atoms with Gasteiger partial charge < -0.3 is 5.32 Å². The number of nitrogens with one attached hydrogen (secondary N) is 1. The van der Waals surface area contributed by atoms with E-state index in [9.17, 15) is 4.79 Å². The predicted octanol–water partition coefficient (Wildman–Crippen LogP) is 2.98. The van der Waals surface area contributed by atoms with Crippen molar-refractivity contribution >= 4 is 17.7 Å². The summed E-state index contributed by atoms with van der Waals surface area (Å²) in [4.78, 5) is 16.0. The molecule has 2 aromatic rings. The van der Waals surface area contributed by atoms with Crippen molar-refractivity contribution < 1.29 is 4.79 Å². The van der Waals surface area contributed by atoms with Crippen LogP contribution in [0.3, 0.4) is 0 Å². The Morgan fingerprint density at radius 3 is 2.71 bits per heavy atom. The number of aromatic nitrogens is 1. The van der Waals surface area contributed by atoms with Gasteiger partial charge in [-0.2, -0.15) is 0 Å². The van der Waals surface area contributed by atoms with Crippen LogP contribution in [0.25, 0.3) is 0 Å². The summed E-state index contributed by atoms with van der Waals surface area (Å²) in [5.74, 6) is 1.45. The molecule has 0 aliphatic heterocycles. The molecule has 3 nitrogen and oxygen atoms in total. The van der Waals surface area contributed by atoms with E-state index in [1.165, 1.54) is 11.1 Å². The molecule has 110 valence electrons. The molecule has 1 aromatic heterocycles. The second-order valence-electron chi connectivity index (χ2n) is 4.90. The van der Waals surface area contributed by atoms with Crippen molar-refractivity contribution in [2.24, 2.45) is 0 Å². The predicted molar refractivity (Wildman–Crippen MR) is 88.3 cm³/mol. The fourth-order valence-electron chi connectivity index (χ4n) is 1.87. The van der Waals surface area contributed by atoms with Gasteiger partial charge in [-0.3, -0.25) is 9.78 Å². The zero-order valence-corrected chi connectivity index (χ0v) is 13.0. The molecule has 0 saturated heterocycles. The topological polar surface area (TPSA) is 42.0 Å². The van der Waals surface area contributed by atoms with E-state index in [1.54, 1.807) is 18.0 Å². The minimum absolute atomic E-state index is 0.0862. The van der Waals surface area contributed by atoms with Gasteiger partial charge in [0.1, 0.15) is 0 Å². The van der Waals surface area contributed by atoms with Crippen LogP contribution < -0.4 is 5.32 Å². The fraction of sp³-hybridized carbons (Fsp3) is 0.294. The van der Waals surface area contributed by atoms with E-state index in [2.05, 4.69) is 41.5 Å². The Morgan fingerprint density at radius 2 is 2.00 bits per heavy atom. The molecule has 0 aliphatic rings. The van der Waals surface area contributed by atoms with Crippen molar-refractivity contribution in [3.8, 4) is 0 Å². The standard InChI is InChI=1S/C17H20N2OS/c1-14-5-7-15(8-6-14)12-21-13-17(20)19-11-9-16-4-2-3-10-18-16/h2-8,10H,9,11-13H2,1H3,(H,19,20). The van der Waals surface area contributed by atoms with Crippen LogP contribution in [0.1, 0.15) is 16.8 Å². The summed E-state index contributed by atoms with van der Waals surface area (Å²) in [5.41, 5.74) is 3.52. The second-order valence-corrected chi connectivity index (χ2v) is 5.89. The van der Waals surface area contributed by atoms with Gasteiger partial charge in [0.15, 0.2) is 0 Å². The van der Waals surface area contributed by atoms with Gasteiger partial charge in [0.05, 0.1) is 5.75 Å². The first-order valence-corrected chi connectivity index (χ1v) is 8.19. The van der Waals surface area contributed by atoms with Crippen LogP contribution in [0.5, 0.6) is 0 Å². The number of rotatable bonds is 7. The lowest BCUT2D eigenvalue weighted by molar-refractivity contribution is -0.118. The highest BCUT2D eigenvalue weighted by Gasteiger charge is 2.02. The maximum absolute atomic E-state index is 11.7. The van der Waals surface area contributed by atoms with Gasteiger partial charge in [0.2, 0.25) is 5.91 Å². The molecular formula is C17H20N2OS. The Morgan fingerprint density at radius 1 is 1.19 bits per heavy atom. The molecule has 0 unspecified atom stereocenters. The third-order valence-corrected chi connectivity index (χ3v) is 4.06. The van der Waals surface area contributed by atoms with E-state index in [4.69, 9.17) is 0 Å². The molecule has 1 N–H and O–H groups in total. The number of carbonyl (C=O) groups excluding carboxylic acids is 1. The molecule has 2 rings (SSSR count). The lowest BCUT2D eigenvalue weighted by Gasteiger charge is -2.05. The number of thioether (sulfide) groups is 1. The zero-order chi connectivity index (χ0) is 14.9. The molecule has 1 aromatic carbocycles. The number of aryl methyl sites for hydroxylation is 1. The monoisotopic (exact) mass is 300 g/mol. The zero-order valence-electron chi connectivity index (χ0n) is 12.2. The number of carbonyl (C=O) groups is 1. The van der Waals surface area contributed by atoms with E-state index in [-0.39, 0.29) is 5.91 Å². The van der Waals surface area contributed by atoms with Crippen LogP contribution in [-0.2, 0) is 17.0 Å². The summed E-state index contributed by atoms with van der Waals surface area (Å²) < 4.78 is 0. The van der Waals surface area contributed by atoms with Gasteiger partial charge in [-0.05, 0) is 24.6 Å². The summed E-state index contributed by atoms with van der Waals surface area (Å²) in [7, 11) is 0. The van der Waals surface area contributed by atoms with Crippen molar-refractivity contribution in [3.05, 3.63) is 65.5 Å². The molecule has 0 saturated carbocycles. The Hall–Kier alpha value is -1.81. The Bertz CT molecular complexity index is 555. The lowest BCUT2D eigenvalue weighted by atomic mass is 10.2. The van der Waals surface area contributed by atoms with Gasteiger partial charge in [-0.15, -0.1) is 11.8 Å². The quantitative estimate of drug-likeness (QED) is 0.855. The van der Waals surface area contributed by atoms with E-state index in [1.807, 2.05) is 18.2 Å². The summed E-state index contributed by atoms with van der Waals surface area (Å²) in [6, 6.07) is 14.2. The first-order chi connectivity index (χ1) is 10.2. The minimum atomic E-state index is 0.0862. The van der Waals surface area contributed by atoms with Crippen LogP contribution in [0, 0.1) is 6.92 Å². The number of hydrogen-bond acceptors (Lipinski definition) is 3. The number of benzene rings is 1. The van der Waals surface area contributed by atoms with Gasteiger partial charge in [0, 0.05) is 30.6 Å². The second kappa shape index (κ2) is 8.47. The number of hydrogen-bond donors (Lipinski definition) is 1. The molecule has 0 aliphatic carbocycles. The molecule has 1 heterocycles. The van der Waals surface area contributed by atoms with Gasteiger partial charge in [0.25, 0.3) is 0 Å². The molecule has 0 spiro atoms. The third kappa shape index (κ3) is 6.00. The molecule has 0 atom stereocenters. The Kier molecular flexibility index (Phi) is 6.28. The normalized spacial score (nSPS) is 10.3. The molecule has 4 heteroatoms. The Balaban J connectivity index is 1.60. The average molecular weight is 300 g/mol. The summed E-state index contributed by atoms with van der Waals surface area (Å²) in [5, 5.41) is 2.93. The largest absolute Gasteiger partial charge is 0.355 e. The Labute approximate surface area is 130 Å². The molecule has 0 radical (unpaired) electrons. The first-order valence-electron chi connectivity index (χ1n) is 7.04. The molecular weight excluding hydrogens is 280 g/mol. The highest BCUT2D eigenvalue weighted by molar-refractivity contribution is 7.99. The maximum atomic E-state index is 11.7. The average Bonchev–Trinajstić information content (AvgIpc) is 2.50.